The van der Waals surface area contributed by atoms with Gasteiger partial charge in [-0.3, -0.25) is 0 Å². The summed E-state index contributed by atoms with van der Waals surface area (Å²) in [4.78, 5) is 5.78. The summed E-state index contributed by atoms with van der Waals surface area (Å²) >= 11 is 6.18. The van der Waals surface area contributed by atoms with Crippen molar-refractivity contribution in [2.45, 2.75) is 17.4 Å². The molecule has 0 fully saturated rings. The Morgan fingerprint density at radius 2 is 1.83 bits per heavy atom. The van der Waals surface area contributed by atoms with E-state index in [0.717, 1.165) is 16.9 Å². The van der Waals surface area contributed by atoms with Crippen molar-refractivity contribution in [3.05, 3.63) is 94.8 Å². The molecule has 5 nitrogen and oxygen atoms in total. The summed E-state index contributed by atoms with van der Waals surface area (Å²) in [7, 11) is -3.66. The van der Waals surface area contributed by atoms with Crippen LogP contribution in [-0.4, -0.2) is 21.0 Å². The Labute approximate surface area is 175 Å². The van der Waals surface area contributed by atoms with Crippen LogP contribution in [-0.2, 0) is 16.4 Å². The van der Waals surface area contributed by atoms with Crippen LogP contribution in [0.5, 0.6) is 0 Å². The van der Waals surface area contributed by atoms with Crippen LogP contribution < -0.4 is 9.62 Å². The van der Waals surface area contributed by atoms with Crippen molar-refractivity contribution < 1.29 is 8.42 Å². The van der Waals surface area contributed by atoms with Crippen molar-refractivity contribution in [3.63, 3.8) is 0 Å². The van der Waals surface area contributed by atoms with Crippen molar-refractivity contribution in [1.29, 1.82) is 0 Å². The van der Waals surface area contributed by atoms with Gasteiger partial charge in [0, 0.05) is 29.0 Å². The van der Waals surface area contributed by atoms with Crippen LogP contribution in [0.2, 0.25) is 5.02 Å². The molecule has 1 aliphatic rings. The first kappa shape index (κ1) is 19.5. The zero-order valence-corrected chi connectivity index (χ0v) is 17.0. The van der Waals surface area contributed by atoms with Gasteiger partial charge in [-0.1, -0.05) is 48.0 Å². The van der Waals surface area contributed by atoms with Gasteiger partial charge in [-0.2, -0.15) is 0 Å². The summed E-state index contributed by atoms with van der Waals surface area (Å²) in [6.07, 6.45) is 0.502. The molecule has 3 aromatic rings. The summed E-state index contributed by atoms with van der Waals surface area (Å²) in [6.45, 7) is 7.75. The van der Waals surface area contributed by atoms with Crippen LogP contribution in [0, 0.1) is 6.57 Å². The van der Waals surface area contributed by atoms with Gasteiger partial charge in [0.1, 0.15) is 0 Å². The number of anilines is 2. The second-order valence-corrected chi connectivity index (χ2v) is 9.00. The second kappa shape index (κ2) is 7.88. The highest BCUT2D eigenvalue weighted by Gasteiger charge is 2.29. The summed E-state index contributed by atoms with van der Waals surface area (Å²) in [6, 6.07) is 20.9. The van der Waals surface area contributed by atoms with Crippen molar-refractivity contribution in [2.75, 3.05) is 11.4 Å². The number of fused-ring (bicyclic) bond motifs is 1. The monoisotopic (exact) mass is 423 g/mol. The average Bonchev–Trinajstić information content (AvgIpc) is 2.73. The highest BCUT2D eigenvalue weighted by molar-refractivity contribution is 7.89. The Bertz CT molecular complexity index is 1190. The fourth-order valence-corrected chi connectivity index (χ4v) is 5.00. The highest BCUT2D eigenvalue weighted by Crippen LogP contribution is 2.36. The molecule has 1 unspecified atom stereocenters. The van der Waals surface area contributed by atoms with Gasteiger partial charge in [0.15, 0.2) is 5.69 Å². The lowest BCUT2D eigenvalue weighted by atomic mass is 9.97. The Morgan fingerprint density at radius 1 is 1.03 bits per heavy atom. The molecule has 1 atom stereocenters. The number of hydrogen-bond donors (Lipinski definition) is 1. The van der Waals surface area contributed by atoms with Crippen molar-refractivity contribution >= 4 is 38.7 Å². The minimum absolute atomic E-state index is 0.231. The first-order valence-corrected chi connectivity index (χ1v) is 10.9. The van der Waals surface area contributed by atoms with Crippen LogP contribution in [0.1, 0.15) is 5.56 Å². The molecule has 1 heterocycles. The zero-order chi connectivity index (χ0) is 20.4. The molecule has 0 bridgehead atoms. The molecule has 4 rings (SSSR count). The van der Waals surface area contributed by atoms with Gasteiger partial charge in [-0.25, -0.2) is 18.0 Å². The third-order valence-corrected chi connectivity index (χ3v) is 6.62. The largest absolute Gasteiger partial charge is 0.340 e. The molecule has 7 heteroatoms. The molecule has 1 N–H and O–H groups in total. The van der Waals surface area contributed by atoms with Crippen LogP contribution in [0.25, 0.3) is 4.85 Å². The van der Waals surface area contributed by atoms with Gasteiger partial charge in [-0.15, -0.1) is 0 Å². The highest BCUT2D eigenvalue weighted by atomic mass is 35.5. The quantitative estimate of drug-likeness (QED) is 0.605. The summed E-state index contributed by atoms with van der Waals surface area (Å²) in [5.41, 5.74) is 3.28. The zero-order valence-electron chi connectivity index (χ0n) is 15.4. The summed E-state index contributed by atoms with van der Waals surface area (Å²) in [5, 5.41) is 0.605. The predicted octanol–water partition coefficient (Wildman–Crippen LogP) is 4.93. The Morgan fingerprint density at radius 3 is 2.55 bits per heavy atom. The maximum atomic E-state index is 12.8. The van der Waals surface area contributed by atoms with E-state index >= 15 is 0 Å². The van der Waals surface area contributed by atoms with Crippen molar-refractivity contribution in [1.82, 2.24) is 4.72 Å². The van der Waals surface area contributed by atoms with Gasteiger partial charge in [-0.05, 0) is 48.4 Å². The van der Waals surface area contributed by atoms with Gasteiger partial charge >= 0.3 is 0 Å². The molecular formula is C22H18ClN3O2S. The minimum atomic E-state index is -3.66. The topological polar surface area (TPSA) is 53.8 Å². The Kier molecular flexibility index (Phi) is 5.29. The number of hydrogen-bond acceptors (Lipinski definition) is 3. The average molecular weight is 424 g/mol. The number of rotatable bonds is 4. The van der Waals surface area contributed by atoms with Crippen molar-refractivity contribution in [2.24, 2.45) is 0 Å². The molecule has 146 valence electrons. The SMILES string of the molecule is [C-]#[N+]c1ccc2c(c1)CC(NS(=O)(=O)c1ccccc1)CN2c1cccc(Cl)c1. The molecule has 0 spiro atoms. The van der Waals surface area contributed by atoms with Gasteiger partial charge in [0.05, 0.1) is 11.5 Å². The third kappa shape index (κ3) is 4.13. The van der Waals surface area contributed by atoms with E-state index in [9.17, 15) is 8.42 Å². The first-order chi connectivity index (χ1) is 14.0. The maximum absolute atomic E-state index is 12.8. The molecule has 0 saturated carbocycles. The van der Waals surface area contributed by atoms with E-state index in [2.05, 4.69) is 9.57 Å². The molecule has 3 aromatic carbocycles. The second-order valence-electron chi connectivity index (χ2n) is 6.85. The van der Waals surface area contributed by atoms with E-state index in [1.165, 1.54) is 0 Å². The third-order valence-electron chi connectivity index (χ3n) is 4.85. The molecule has 0 radical (unpaired) electrons. The van der Waals surface area contributed by atoms with E-state index in [1.807, 2.05) is 35.2 Å². The number of benzene rings is 3. The fraction of sp³-hybridized carbons (Fsp3) is 0.136. The van der Waals surface area contributed by atoms with E-state index < -0.39 is 10.0 Å². The molecule has 0 aromatic heterocycles. The smallest absolute Gasteiger partial charge is 0.240 e. The Hall–Kier alpha value is -2.85. The molecular weight excluding hydrogens is 406 g/mol. The number of halogens is 1. The van der Waals surface area contributed by atoms with E-state index in [1.54, 1.807) is 42.5 Å². The van der Waals surface area contributed by atoms with Gasteiger partial charge < -0.3 is 4.90 Å². The summed E-state index contributed by atoms with van der Waals surface area (Å²) < 4.78 is 28.5. The predicted molar refractivity (Wildman–Crippen MR) is 115 cm³/mol. The van der Waals surface area contributed by atoms with Gasteiger partial charge in [0.2, 0.25) is 10.0 Å². The fourth-order valence-electron chi connectivity index (χ4n) is 3.57. The minimum Gasteiger partial charge on any atom is -0.340 e. The normalized spacial score (nSPS) is 16.1. The first-order valence-electron chi connectivity index (χ1n) is 9.07. The molecule has 0 aliphatic carbocycles. The van der Waals surface area contributed by atoms with Crippen LogP contribution in [0.15, 0.2) is 77.7 Å². The van der Waals surface area contributed by atoms with Crippen LogP contribution >= 0.6 is 11.6 Å². The molecule has 29 heavy (non-hydrogen) atoms. The lowest BCUT2D eigenvalue weighted by Crippen LogP contribution is -2.46. The lowest BCUT2D eigenvalue weighted by Gasteiger charge is -2.36. The van der Waals surface area contributed by atoms with Crippen LogP contribution in [0.4, 0.5) is 17.1 Å². The standard InChI is InChI=1S/C22H18ClN3O2S/c1-24-18-10-11-22-16(12-18)13-19(15-26(22)20-7-5-6-17(23)14-20)25-29(27,28)21-8-3-2-4-9-21/h2-12,14,19,25H,13,15H2. The summed E-state index contributed by atoms with van der Waals surface area (Å²) in [5.74, 6) is 0. The maximum Gasteiger partial charge on any atom is 0.240 e. The molecule has 0 saturated heterocycles. The Balaban J connectivity index is 1.71. The number of nitrogens with zero attached hydrogens (tertiary/aromatic N) is 2. The van der Waals surface area contributed by atoms with E-state index in [4.69, 9.17) is 18.2 Å². The number of sulfonamides is 1. The molecule has 1 aliphatic heterocycles. The lowest BCUT2D eigenvalue weighted by molar-refractivity contribution is 0.538. The van der Waals surface area contributed by atoms with E-state index in [0.29, 0.717) is 23.7 Å². The van der Waals surface area contributed by atoms with Crippen molar-refractivity contribution in [3.8, 4) is 0 Å². The molecule has 0 amide bonds. The van der Waals surface area contributed by atoms with Crippen LogP contribution in [0.3, 0.4) is 0 Å². The number of nitrogens with one attached hydrogen (secondary N) is 1. The van der Waals surface area contributed by atoms with E-state index in [-0.39, 0.29) is 10.9 Å². The van der Waals surface area contributed by atoms with Gasteiger partial charge in [0.25, 0.3) is 0 Å².